The Morgan fingerprint density at radius 3 is 3.20 bits per heavy atom. The fourth-order valence-electron chi connectivity index (χ4n) is 2.69. The quantitative estimate of drug-likeness (QED) is 0.879. The van der Waals surface area contributed by atoms with Crippen LogP contribution in [0.15, 0.2) is 29.8 Å². The van der Waals surface area contributed by atoms with E-state index < -0.39 is 0 Å². The van der Waals surface area contributed by atoms with Gasteiger partial charge in [0.2, 0.25) is 0 Å². The first kappa shape index (κ1) is 13.6. The SMILES string of the molecule is CCC(NCc1ccc2c(c1)CCCN2)c1nccs1. The van der Waals surface area contributed by atoms with Crippen LogP contribution in [0.25, 0.3) is 0 Å². The summed E-state index contributed by atoms with van der Waals surface area (Å²) in [5.41, 5.74) is 4.13. The lowest BCUT2D eigenvalue weighted by Gasteiger charge is -2.20. The second kappa shape index (κ2) is 6.37. The predicted molar refractivity (Wildman–Crippen MR) is 85.2 cm³/mol. The number of aromatic nitrogens is 1. The summed E-state index contributed by atoms with van der Waals surface area (Å²) in [4.78, 5) is 4.42. The van der Waals surface area contributed by atoms with Gasteiger partial charge in [-0.1, -0.05) is 19.1 Å². The first-order valence-corrected chi connectivity index (χ1v) is 8.23. The average Bonchev–Trinajstić information content (AvgIpc) is 3.02. The molecule has 0 spiro atoms. The fraction of sp³-hybridized carbons (Fsp3) is 0.438. The molecular weight excluding hydrogens is 266 g/mol. The molecule has 106 valence electrons. The molecule has 3 rings (SSSR count). The minimum Gasteiger partial charge on any atom is -0.385 e. The molecule has 1 atom stereocenters. The van der Waals surface area contributed by atoms with Crippen LogP contribution in [0.3, 0.4) is 0 Å². The van der Waals surface area contributed by atoms with Gasteiger partial charge in [0.25, 0.3) is 0 Å². The van der Waals surface area contributed by atoms with Crippen molar-refractivity contribution >= 4 is 17.0 Å². The summed E-state index contributed by atoms with van der Waals surface area (Å²) in [6, 6.07) is 7.14. The van der Waals surface area contributed by atoms with E-state index >= 15 is 0 Å². The molecule has 2 N–H and O–H groups in total. The lowest BCUT2D eigenvalue weighted by atomic mass is 10.0. The highest BCUT2D eigenvalue weighted by Gasteiger charge is 2.12. The summed E-state index contributed by atoms with van der Waals surface area (Å²) in [5.74, 6) is 0. The van der Waals surface area contributed by atoms with Crippen LogP contribution >= 0.6 is 11.3 Å². The zero-order chi connectivity index (χ0) is 13.8. The van der Waals surface area contributed by atoms with E-state index in [0.29, 0.717) is 6.04 Å². The third-order valence-electron chi connectivity index (χ3n) is 3.82. The standard InChI is InChI=1S/C16H21N3S/c1-2-14(16-18-8-9-20-16)19-11-12-5-6-15-13(10-12)4-3-7-17-15/h5-6,8-10,14,17,19H,2-4,7,11H2,1H3. The number of aryl methyl sites for hydroxylation is 1. The molecule has 0 aliphatic carbocycles. The Labute approximate surface area is 124 Å². The highest BCUT2D eigenvalue weighted by molar-refractivity contribution is 7.09. The molecule has 1 aliphatic heterocycles. The van der Waals surface area contributed by atoms with Crippen molar-refractivity contribution in [2.24, 2.45) is 0 Å². The van der Waals surface area contributed by atoms with Crippen molar-refractivity contribution in [1.29, 1.82) is 0 Å². The Bertz CT molecular complexity index is 551. The van der Waals surface area contributed by atoms with Gasteiger partial charge in [0.15, 0.2) is 0 Å². The van der Waals surface area contributed by atoms with Crippen molar-refractivity contribution in [2.45, 2.75) is 38.8 Å². The lowest BCUT2D eigenvalue weighted by Crippen LogP contribution is -2.20. The normalized spacial score (nSPS) is 15.4. The second-order valence-corrected chi connectivity index (χ2v) is 6.16. The van der Waals surface area contributed by atoms with Gasteiger partial charge in [-0.25, -0.2) is 4.98 Å². The molecule has 2 heterocycles. The van der Waals surface area contributed by atoms with Crippen LogP contribution in [0.1, 0.15) is 41.9 Å². The van der Waals surface area contributed by atoms with Gasteiger partial charge in [0.1, 0.15) is 5.01 Å². The molecule has 0 bridgehead atoms. The maximum Gasteiger partial charge on any atom is 0.109 e. The second-order valence-electron chi connectivity index (χ2n) is 5.23. The third-order valence-corrected chi connectivity index (χ3v) is 4.71. The predicted octanol–water partition coefficient (Wildman–Crippen LogP) is 3.74. The summed E-state index contributed by atoms with van der Waals surface area (Å²) in [7, 11) is 0. The minimum atomic E-state index is 0.365. The van der Waals surface area contributed by atoms with E-state index in [9.17, 15) is 0 Å². The molecule has 2 aromatic rings. The summed E-state index contributed by atoms with van der Waals surface area (Å²) in [6.45, 7) is 4.22. The number of fused-ring (bicyclic) bond motifs is 1. The molecule has 1 aromatic carbocycles. The number of rotatable bonds is 5. The summed E-state index contributed by atoms with van der Waals surface area (Å²) >= 11 is 1.73. The molecule has 1 aliphatic rings. The summed E-state index contributed by atoms with van der Waals surface area (Å²) in [5, 5.41) is 10.3. The van der Waals surface area contributed by atoms with Gasteiger partial charge < -0.3 is 10.6 Å². The number of hydrogen-bond donors (Lipinski definition) is 2. The maximum absolute atomic E-state index is 4.42. The lowest BCUT2D eigenvalue weighted by molar-refractivity contribution is 0.516. The van der Waals surface area contributed by atoms with E-state index in [2.05, 4.69) is 40.7 Å². The van der Waals surface area contributed by atoms with Crippen molar-refractivity contribution in [3.63, 3.8) is 0 Å². The van der Waals surface area contributed by atoms with Crippen molar-refractivity contribution in [3.05, 3.63) is 45.9 Å². The van der Waals surface area contributed by atoms with Crippen LogP contribution in [0.5, 0.6) is 0 Å². The molecule has 0 saturated carbocycles. The monoisotopic (exact) mass is 287 g/mol. The Morgan fingerprint density at radius 1 is 1.45 bits per heavy atom. The molecule has 0 radical (unpaired) electrons. The van der Waals surface area contributed by atoms with Crippen molar-refractivity contribution in [1.82, 2.24) is 10.3 Å². The first-order chi connectivity index (χ1) is 9.86. The molecule has 1 unspecified atom stereocenters. The number of hydrogen-bond acceptors (Lipinski definition) is 4. The van der Waals surface area contributed by atoms with Crippen LogP contribution in [-0.4, -0.2) is 11.5 Å². The largest absolute Gasteiger partial charge is 0.385 e. The van der Waals surface area contributed by atoms with E-state index in [-0.39, 0.29) is 0 Å². The van der Waals surface area contributed by atoms with Crippen LogP contribution in [0.2, 0.25) is 0 Å². The van der Waals surface area contributed by atoms with Gasteiger partial charge >= 0.3 is 0 Å². The van der Waals surface area contributed by atoms with Crippen molar-refractivity contribution < 1.29 is 0 Å². The van der Waals surface area contributed by atoms with Crippen molar-refractivity contribution in [3.8, 4) is 0 Å². The molecule has 1 aromatic heterocycles. The van der Waals surface area contributed by atoms with Crippen LogP contribution in [0, 0.1) is 0 Å². The summed E-state index contributed by atoms with van der Waals surface area (Å²) < 4.78 is 0. The topological polar surface area (TPSA) is 37.0 Å². The minimum absolute atomic E-state index is 0.365. The molecule has 0 fully saturated rings. The van der Waals surface area contributed by atoms with Gasteiger partial charge in [-0.05, 0) is 36.5 Å². The fourth-order valence-corrected chi connectivity index (χ4v) is 3.49. The van der Waals surface area contributed by atoms with Crippen molar-refractivity contribution in [2.75, 3.05) is 11.9 Å². The maximum atomic E-state index is 4.42. The number of nitrogens with zero attached hydrogens (tertiary/aromatic N) is 1. The molecule has 4 heteroatoms. The molecule has 3 nitrogen and oxygen atoms in total. The van der Waals surface area contributed by atoms with Gasteiger partial charge in [-0.3, -0.25) is 0 Å². The Hall–Kier alpha value is -1.39. The number of thiazole rings is 1. The van der Waals surface area contributed by atoms with E-state index in [4.69, 9.17) is 0 Å². The van der Waals surface area contributed by atoms with Crippen LogP contribution < -0.4 is 10.6 Å². The van der Waals surface area contributed by atoms with E-state index in [0.717, 1.165) is 19.5 Å². The summed E-state index contributed by atoms with van der Waals surface area (Å²) in [6.07, 6.45) is 5.38. The average molecular weight is 287 g/mol. The zero-order valence-electron chi connectivity index (χ0n) is 11.9. The Balaban J connectivity index is 1.66. The van der Waals surface area contributed by atoms with Gasteiger partial charge in [0, 0.05) is 30.4 Å². The van der Waals surface area contributed by atoms with E-state index in [1.54, 1.807) is 11.3 Å². The number of benzene rings is 1. The van der Waals surface area contributed by atoms with Gasteiger partial charge in [-0.2, -0.15) is 0 Å². The third kappa shape index (κ3) is 3.02. The number of nitrogens with one attached hydrogen (secondary N) is 2. The van der Waals surface area contributed by atoms with E-state index in [1.807, 2.05) is 11.6 Å². The molecule has 20 heavy (non-hydrogen) atoms. The van der Waals surface area contributed by atoms with E-state index in [1.165, 1.54) is 34.7 Å². The Morgan fingerprint density at radius 2 is 2.40 bits per heavy atom. The highest BCUT2D eigenvalue weighted by Crippen LogP contribution is 2.24. The zero-order valence-corrected chi connectivity index (χ0v) is 12.7. The van der Waals surface area contributed by atoms with Gasteiger partial charge in [-0.15, -0.1) is 11.3 Å². The first-order valence-electron chi connectivity index (χ1n) is 7.35. The smallest absolute Gasteiger partial charge is 0.109 e. The number of anilines is 1. The van der Waals surface area contributed by atoms with Crippen LogP contribution in [-0.2, 0) is 13.0 Å². The highest BCUT2D eigenvalue weighted by atomic mass is 32.1. The molecule has 0 saturated heterocycles. The Kier molecular flexibility index (Phi) is 4.33. The van der Waals surface area contributed by atoms with Crippen LogP contribution in [0.4, 0.5) is 5.69 Å². The molecular formula is C16H21N3S. The van der Waals surface area contributed by atoms with Gasteiger partial charge in [0.05, 0.1) is 6.04 Å². The molecule has 0 amide bonds.